The second-order valence-electron chi connectivity index (χ2n) is 3.21. The zero-order valence-electron chi connectivity index (χ0n) is 8.68. The number of rotatable bonds is 1. The average molecular weight is 241 g/mol. The summed E-state index contributed by atoms with van der Waals surface area (Å²) in [6.07, 6.45) is 1.20. The third-order valence-electron chi connectivity index (χ3n) is 2.13. The van der Waals surface area contributed by atoms with Crippen molar-refractivity contribution in [1.82, 2.24) is 24.5 Å². The minimum Gasteiger partial charge on any atom is -0.368 e. The molecule has 2 N–H and O–H groups in total. The van der Waals surface area contributed by atoms with Gasteiger partial charge in [-0.2, -0.15) is 19.9 Å². The van der Waals surface area contributed by atoms with Crippen LogP contribution >= 0.6 is 11.6 Å². The molecule has 2 rings (SSSR count). The van der Waals surface area contributed by atoms with Crippen LogP contribution in [-0.2, 0) is 7.05 Å². The van der Waals surface area contributed by atoms with Gasteiger partial charge in [0.25, 0.3) is 5.91 Å². The zero-order chi connectivity index (χ0) is 11.9. The number of halogens is 1. The Labute approximate surface area is 95.8 Å². The van der Waals surface area contributed by atoms with Gasteiger partial charge >= 0.3 is 0 Å². The maximum absolute atomic E-state index is 12.0. The molecule has 7 nitrogen and oxygen atoms in total. The van der Waals surface area contributed by atoms with Gasteiger partial charge in [-0.15, -0.1) is 0 Å². The number of carbonyl (C=O) groups excluding carboxylic acids is 1. The Morgan fingerprint density at radius 1 is 1.56 bits per heavy atom. The Hall–Kier alpha value is -1.89. The lowest BCUT2D eigenvalue weighted by atomic mass is 10.2. The number of nitrogen functional groups attached to an aromatic ring is 1. The number of carbonyl (C=O) groups is 1. The summed E-state index contributed by atoms with van der Waals surface area (Å²) in [4.78, 5) is 15.7. The van der Waals surface area contributed by atoms with Crippen molar-refractivity contribution in [2.45, 2.75) is 6.92 Å². The van der Waals surface area contributed by atoms with E-state index in [-0.39, 0.29) is 16.7 Å². The molecule has 0 spiro atoms. The lowest BCUT2D eigenvalue weighted by molar-refractivity contribution is 0.0947. The molecule has 2 aromatic rings. The number of hydrogen-bond acceptors (Lipinski definition) is 5. The number of aromatic nitrogens is 5. The molecule has 0 aromatic carbocycles. The molecule has 0 amide bonds. The topological polar surface area (TPSA) is 91.6 Å². The summed E-state index contributed by atoms with van der Waals surface area (Å²) in [5.74, 6) is -0.421. The standard InChI is InChI=1S/C8H9ClN6O/c1-4-5(6(9)14(2)13-4)7(16)15-8(10)11-3-12-15/h3H,1-2H3,(H2,10,11,12). The molecule has 0 aliphatic rings. The van der Waals surface area contributed by atoms with Crippen LogP contribution in [0.3, 0.4) is 0 Å². The third kappa shape index (κ3) is 1.45. The predicted molar refractivity (Wildman–Crippen MR) is 57.1 cm³/mol. The average Bonchev–Trinajstić information content (AvgIpc) is 2.73. The minimum absolute atomic E-state index is 0.0179. The summed E-state index contributed by atoms with van der Waals surface area (Å²) >= 11 is 5.96. The van der Waals surface area contributed by atoms with Crippen LogP contribution in [0.2, 0.25) is 5.15 Å². The molecule has 0 saturated carbocycles. The number of hydrogen-bond donors (Lipinski definition) is 1. The van der Waals surface area contributed by atoms with Crippen molar-refractivity contribution in [3.8, 4) is 0 Å². The molecule has 16 heavy (non-hydrogen) atoms. The first kappa shape index (κ1) is 10.6. The van der Waals surface area contributed by atoms with Gasteiger partial charge in [-0.25, -0.2) is 0 Å². The molecule has 0 aliphatic heterocycles. The quantitative estimate of drug-likeness (QED) is 0.771. The first-order valence-corrected chi connectivity index (χ1v) is 4.79. The summed E-state index contributed by atoms with van der Waals surface area (Å²) in [7, 11) is 1.65. The van der Waals surface area contributed by atoms with Crippen LogP contribution < -0.4 is 5.73 Å². The van der Waals surface area contributed by atoms with E-state index >= 15 is 0 Å². The van der Waals surface area contributed by atoms with Gasteiger partial charge in [0.15, 0.2) is 0 Å². The first-order valence-electron chi connectivity index (χ1n) is 4.41. The molecule has 0 fully saturated rings. The Kier molecular flexibility index (Phi) is 2.39. The van der Waals surface area contributed by atoms with E-state index in [2.05, 4.69) is 15.2 Å². The van der Waals surface area contributed by atoms with Crippen LogP contribution in [0, 0.1) is 6.92 Å². The SMILES string of the molecule is Cc1nn(C)c(Cl)c1C(=O)n1ncnc1N. The van der Waals surface area contributed by atoms with E-state index in [0.717, 1.165) is 4.68 Å². The van der Waals surface area contributed by atoms with Crippen LogP contribution in [0.1, 0.15) is 16.1 Å². The van der Waals surface area contributed by atoms with Gasteiger partial charge < -0.3 is 5.73 Å². The van der Waals surface area contributed by atoms with E-state index < -0.39 is 5.91 Å². The number of nitrogens with zero attached hydrogens (tertiary/aromatic N) is 5. The van der Waals surface area contributed by atoms with Gasteiger partial charge in [0.05, 0.1) is 5.69 Å². The second kappa shape index (κ2) is 3.60. The monoisotopic (exact) mass is 240 g/mol. The summed E-state index contributed by atoms with van der Waals surface area (Å²) in [6.45, 7) is 1.69. The van der Waals surface area contributed by atoms with Crippen molar-refractivity contribution < 1.29 is 4.79 Å². The van der Waals surface area contributed by atoms with Crippen LogP contribution in [-0.4, -0.2) is 30.5 Å². The van der Waals surface area contributed by atoms with Crippen LogP contribution in [0.25, 0.3) is 0 Å². The van der Waals surface area contributed by atoms with Crippen molar-refractivity contribution >= 4 is 23.5 Å². The number of aryl methyl sites for hydroxylation is 2. The minimum atomic E-state index is -0.439. The van der Waals surface area contributed by atoms with E-state index in [9.17, 15) is 4.79 Å². The highest BCUT2D eigenvalue weighted by Crippen LogP contribution is 2.20. The molecule has 8 heteroatoms. The highest BCUT2D eigenvalue weighted by Gasteiger charge is 2.22. The molecule has 0 unspecified atom stereocenters. The molecule has 0 bridgehead atoms. The van der Waals surface area contributed by atoms with Crippen molar-refractivity contribution in [3.63, 3.8) is 0 Å². The Balaban J connectivity index is 2.54. The van der Waals surface area contributed by atoms with Crippen molar-refractivity contribution in [1.29, 1.82) is 0 Å². The summed E-state index contributed by atoms with van der Waals surface area (Å²) in [5.41, 5.74) is 6.28. The van der Waals surface area contributed by atoms with E-state index in [1.165, 1.54) is 11.0 Å². The Morgan fingerprint density at radius 3 is 2.69 bits per heavy atom. The van der Waals surface area contributed by atoms with Crippen LogP contribution in [0.15, 0.2) is 6.33 Å². The summed E-state index contributed by atoms with van der Waals surface area (Å²) in [5, 5.41) is 8.00. The molecular formula is C8H9ClN6O. The van der Waals surface area contributed by atoms with E-state index in [0.29, 0.717) is 5.69 Å². The van der Waals surface area contributed by atoms with Gasteiger partial charge in [-0.05, 0) is 6.92 Å². The molecule has 84 valence electrons. The largest absolute Gasteiger partial charge is 0.368 e. The van der Waals surface area contributed by atoms with Gasteiger partial charge in [0.1, 0.15) is 17.0 Å². The van der Waals surface area contributed by atoms with Gasteiger partial charge in [-0.3, -0.25) is 9.48 Å². The van der Waals surface area contributed by atoms with E-state index in [1.54, 1.807) is 14.0 Å². The van der Waals surface area contributed by atoms with Crippen LogP contribution in [0.5, 0.6) is 0 Å². The molecule has 0 aliphatic carbocycles. The fourth-order valence-corrected chi connectivity index (χ4v) is 1.64. The molecule has 0 saturated heterocycles. The van der Waals surface area contributed by atoms with Crippen molar-refractivity contribution in [2.75, 3.05) is 5.73 Å². The Bertz CT molecular complexity index is 557. The fourth-order valence-electron chi connectivity index (χ4n) is 1.39. The molecule has 2 heterocycles. The normalized spacial score (nSPS) is 10.7. The Morgan fingerprint density at radius 2 is 2.25 bits per heavy atom. The predicted octanol–water partition coefficient (Wildman–Crippen LogP) is 0.244. The molecule has 2 aromatic heterocycles. The molecule has 0 atom stereocenters. The second-order valence-corrected chi connectivity index (χ2v) is 3.57. The van der Waals surface area contributed by atoms with E-state index in [4.69, 9.17) is 17.3 Å². The lowest BCUT2D eigenvalue weighted by Gasteiger charge is -2.00. The smallest absolute Gasteiger partial charge is 0.286 e. The van der Waals surface area contributed by atoms with Gasteiger partial charge in [-0.1, -0.05) is 11.6 Å². The first-order chi connectivity index (χ1) is 7.52. The molecule has 0 radical (unpaired) electrons. The maximum atomic E-state index is 12.0. The van der Waals surface area contributed by atoms with Crippen molar-refractivity contribution in [3.05, 3.63) is 22.7 Å². The van der Waals surface area contributed by atoms with Crippen LogP contribution in [0.4, 0.5) is 5.95 Å². The zero-order valence-corrected chi connectivity index (χ0v) is 9.43. The third-order valence-corrected chi connectivity index (χ3v) is 2.57. The lowest BCUT2D eigenvalue weighted by Crippen LogP contribution is -2.17. The number of anilines is 1. The highest BCUT2D eigenvalue weighted by atomic mass is 35.5. The maximum Gasteiger partial charge on any atom is 0.286 e. The number of nitrogens with two attached hydrogens (primary N) is 1. The fraction of sp³-hybridized carbons (Fsp3) is 0.250. The van der Waals surface area contributed by atoms with E-state index in [1.807, 2.05) is 0 Å². The highest BCUT2D eigenvalue weighted by molar-refractivity contribution is 6.33. The van der Waals surface area contributed by atoms with Gasteiger partial charge in [0, 0.05) is 7.05 Å². The van der Waals surface area contributed by atoms with Gasteiger partial charge in [0.2, 0.25) is 5.95 Å². The summed E-state index contributed by atoms with van der Waals surface area (Å²) < 4.78 is 2.40. The summed E-state index contributed by atoms with van der Waals surface area (Å²) in [6, 6.07) is 0. The van der Waals surface area contributed by atoms with Crippen molar-refractivity contribution in [2.24, 2.45) is 7.05 Å². The molecular weight excluding hydrogens is 232 g/mol.